The summed E-state index contributed by atoms with van der Waals surface area (Å²) in [7, 11) is 3.64. The first-order chi connectivity index (χ1) is 22.1. The minimum atomic E-state index is -0.734. The Bertz CT molecular complexity index is 1610. The summed E-state index contributed by atoms with van der Waals surface area (Å²) >= 11 is 13.3. The van der Waals surface area contributed by atoms with Gasteiger partial charge in [0.1, 0.15) is 0 Å². The highest BCUT2D eigenvalue weighted by Gasteiger charge is 2.44. The van der Waals surface area contributed by atoms with Gasteiger partial charge in [-0.15, -0.1) is 0 Å². The Kier molecular flexibility index (Phi) is 9.94. The number of anilines is 1. The molecule has 3 aliphatic rings. The number of likely N-dealkylation sites (tertiary alicyclic amines) is 1. The van der Waals surface area contributed by atoms with Gasteiger partial charge in [-0.05, 0) is 80.5 Å². The molecule has 1 aliphatic heterocycles. The summed E-state index contributed by atoms with van der Waals surface area (Å²) in [6.45, 7) is 1.09. The van der Waals surface area contributed by atoms with Crippen LogP contribution in [0.25, 0.3) is 10.9 Å². The number of nitrogens with zero attached hydrogens (tertiary/aromatic N) is 2. The van der Waals surface area contributed by atoms with Crippen molar-refractivity contribution in [3.8, 4) is 0 Å². The van der Waals surface area contributed by atoms with E-state index in [0.717, 1.165) is 43.0 Å². The summed E-state index contributed by atoms with van der Waals surface area (Å²) < 4.78 is 13.7. The number of rotatable bonds is 10. The predicted octanol–water partition coefficient (Wildman–Crippen LogP) is 6.58. The van der Waals surface area contributed by atoms with Crippen LogP contribution in [-0.2, 0) is 32.5 Å². The molecule has 1 saturated heterocycles. The first-order valence-electron chi connectivity index (χ1n) is 16.1. The zero-order valence-electron chi connectivity index (χ0n) is 26.2. The number of fused-ring (bicyclic) bond motifs is 1. The molecule has 2 aromatic carbocycles. The molecule has 3 aromatic rings. The van der Waals surface area contributed by atoms with Gasteiger partial charge in [-0.2, -0.15) is 0 Å². The molecule has 1 aromatic heterocycles. The van der Waals surface area contributed by atoms with Crippen molar-refractivity contribution < 1.29 is 29.0 Å². The van der Waals surface area contributed by atoms with Gasteiger partial charge in [0.25, 0.3) is 5.91 Å². The second-order valence-electron chi connectivity index (χ2n) is 13.2. The molecule has 0 unspecified atom stereocenters. The van der Waals surface area contributed by atoms with Crippen molar-refractivity contribution in [2.75, 3.05) is 25.6 Å². The van der Waals surface area contributed by atoms with E-state index in [4.69, 9.17) is 32.7 Å². The number of carboxylic acid groups (broad SMARTS) is 1. The van der Waals surface area contributed by atoms with E-state index in [2.05, 4.69) is 5.32 Å². The Hall–Kier alpha value is -3.11. The Balaban J connectivity index is 1.12. The monoisotopic (exact) mass is 669 g/mol. The lowest BCUT2D eigenvalue weighted by Gasteiger charge is -2.38. The van der Waals surface area contributed by atoms with Gasteiger partial charge in [-0.3, -0.25) is 14.4 Å². The Labute approximate surface area is 279 Å². The second-order valence-corrected chi connectivity index (χ2v) is 14.0. The Morgan fingerprint density at radius 3 is 2.43 bits per heavy atom. The molecule has 46 heavy (non-hydrogen) atoms. The van der Waals surface area contributed by atoms with Crippen LogP contribution in [0.2, 0.25) is 10.0 Å². The highest BCUT2D eigenvalue weighted by molar-refractivity contribution is 6.36. The lowest BCUT2D eigenvalue weighted by atomic mass is 9.73. The van der Waals surface area contributed by atoms with E-state index in [1.54, 1.807) is 25.4 Å². The SMILES string of the molecule is COC1CC([C@H]2C[C@@H](CO[C@H]3CC[C@H](C(=O)O)CC3)N(C(=O)Cc3cc(Cl)c(NC(=O)c4cn(C)c5ccccc45)cc3Cl)C2)C1. The van der Waals surface area contributed by atoms with Crippen LogP contribution in [0.4, 0.5) is 5.69 Å². The largest absolute Gasteiger partial charge is 0.481 e. The highest BCUT2D eigenvalue weighted by atomic mass is 35.5. The lowest BCUT2D eigenvalue weighted by molar-refractivity contribution is -0.144. The number of hydrogen-bond acceptors (Lipinski definition) is 5. The number of ether oxygens (including phenoxy) is 2. The number of para-hydroxylation sites is 1. The average Bonchev–Trinajstić information content (AvgIpc) is 3.59. The van der Waals surface area contributed by atoms with E-state index in [0.29, 0.717) is 64.7 Å². The molecule has 0 spiro atoms. The fourth-order valence-electron chi connectivity index (χ4n) is 7.46. The number of carboxylic acids is 1. The molecule has 2 saturated carbocycles. The maximum absolute atomic E-state index is 13.8. The van der Waals surface area contributed by atoms with E-state index in [1.807, 2.05) is 40.8 Å². The van der Waals surface area contributed by atoms with Crippen LogP contribution in [0, 0.1) is 17.8 Å². The maximum Gasteiger partial charge on any atom is 0.306 e. The number of carbonyl (C=O) groups excluding carboxylic acids is 2. The van der Waals surface area contributed by atoms with Crippen molar-refractivity contribution in [3.05, 3.63) is 63.8 Å². The van der Waals surface area contributed by atoms with E-state index >= 15 is 0 Å². The zero-order valence-corrected chi connectivity index (χ0v) is 27.7. The topological polar surface area (TPSA) is 110 Å². The first kappa shape index (κ1) is 32.8. The van der Waals surface area contributed by atoms with E-state index in [9.17, 15) is 19.5 Å². The van der Waals surface area contributed by atoms with Gasteiger partial charge in [-0.1, -0.05) is 41.4 Å². The van der Waals surface area contributed by atoms with E-state index in [-0.39, 0.29) is 42.4 Å². The van der Waals surface area contributed by atoms with Gasteiger partial charge >= 0.3 is 5.97 Å². The number of hydrogen-bond donors (Lipinski definition) is 2. The molecule has 11 heteroatoms. The number of nitrogens with one attached hydrogen (secondary N) is 1. The van der Waals surface area contributed by atoms with Crippen LogP contribution >= 0.6 is 23.2 Å². The predicted molar refractivity (Wildman–Crippen MR) is 178 cm³/mol. The van der Waals surface area contributed by atoms with Crippen LogP contribution in [-0.4, -0.2) is 70.9 Å². The molecule has 0 radical (unpaired) electrons. The summed E-state index contributed by atoms with van der Waals surface area (Å²) in [6, 6.07) is 10.9. The molecule has 2 aliphatic carbocycles. The summed E-state index contributed by atoms with van der Waals surface area (Å²) in [5.41, 5.74) is 2.45. The van der Waals surface area contributed by atoms with Gasteiger partial charge in [0.05, 0.1) is 53.5 Å². The summed E-state index contributed by atoms with van der Waals surface area (Å²) in [6.07, 6.45) is 7.71. The normalized spacial score (nSPS) is 26.2. The first-order valence-corrected chi connectivity index (χ1v) is 16.9. The fraction of sp³-hybridized carbons (Fsp3) is 0.514. The number of halogens is 2. The Morgan fingerprint density at radius 1 is 0.978 bits per heavy atom. The molecular weight excluding hydrogens is 629 g/mol. The number of carbonyl (C=O) groups is 3. The van der Waals surface area contributed by atoms with Crippen molar-refractivity contribution in [1.29, 1.82) is 0 Å². The van der Waals surface area contributed by atoms with Gasteiger partial charge in [-0.25, -0.2) is 0 Å². The number of amides is 2. The van der Waals surface area contributed by atoms with Crippen molar-refractivity contribution in [2.24, 2.45) is 24.8 Å². The molecule has 2 N–H and O–H groups in total. The molecule has 0 bridgehead atoms. The smallest absolute Gasteiger partial charge is 0.306 e. The van der Waals surface area contributed by atoms with Crippen LogP contribution < -0.4 is 5.32 Å². The Morgan fingerprint density at radius 2 is 1.72 bits per heavy atom. The third kappa shape index (κ3) is 6.93. The molecule has 3 fully saturated rings. The number of aliphatic carboxylic acids is 1. The molecule has 2 atom stereocenters. The fourth-order valence-corrected chi connectivity index (χ4v) is 7.93. The summed E-state index contributed by atoms with van der Waals surface area (Å²) in [4.78, 5) is 40.4. The van der Waals surface area contributed by atoms with Gasteiger partial charge < -0.3 is 29.4 Å². The van der Waals surface area contributed by atoms with Crippen LogP contribution in [0.3, 0.4) is 0 Å². The minimum absolute atomic E-state index is 0.0121. The van der Waals surface area contributed by atoms with Crippen LogP contribution in [0.15, 0.2) is 42.6 Å². The standard InChI is InChI=1S/C35H41Cl2N3O6/c1-39-18-28(27-5-3-4-6-32(27)39)34(42)38-31-16-29(36)22(14-30(31)37)15-33(41)40-17-23(21-12-26(13-21)45-2)11-24(40)19-46-25-9-7-20(8-10-25)35(43)44/h3-6,14,16,18,20-21,23-26H,7-13,15,17,19H2,1-2H3,(H,38,42)(H,43,44)/t20-,21?,23-,24-,25-,26?/m0/s1. The average molecular weight is 671 g/mol. The van der Waals surface area contributed by atoms with Crippen LogP contribution in [0.1, 0.15) is 60.9 Å². The van der Waals surface area contributed by atoms with Crippen molar-refractivity contribution in [1.82, 2.24) is 9.47 Å². The number of aromatic nitrogens is 1. The molecule has 6 rings (SSSR count). The van der Waals surface area contributed by atoms with Crippen molar-refractivity contribution in [2.45, 2.75) is 69.6 Å². The second kappa shape index (κ2) is 13.9. The molecule has 2 amide bonds. The third-order valence-electron chi connectivity index (χ3n) is 10.3. The number of aryl methyl sites for hydroxylation is 1. The minimum Gasteiger partial charge on any atom is -0.481 e. The summed E-state index contributed by atoms with van der Waals surface area (Å²) in [5, 5.41) is 13.7. The number of benzene rings is 2. The van der Waals surface area contributed by atoms with Gasteiger partial charge in [0, 0.05) is 42.8 Å². The number of methoxy groups -OCH3 is 1. The maximum atomic E-state index is 13.8. The molecule has 9 nitrogen and oxygen atoms in total. The van der Waals surface area contributed by atoms with Gasteiger partial charge in [0.2, 0.25) is 5.91 Å². The van der Waals surface area contributed by atoms with E-state index < -0.39 is 5.97 Å². The molecular formula is C35H41Cl2N3O6. The molecule has 246 valence electrons. The van der Waals surface area contributed by atoms with E-state index in [1.165, 1.54) is 0 Å². The molecule has 2 heterocycles. The summed E-state index contributed by atoms with van der Waals surface area (Å²) in [5.74, 6) is -0.485. The zero-order chi connectivity index (χ0) is 32.5. The van der Waals surface area contributed by atoms with Crippen LogP contribution in [0.5, 0.6) is 0 Å². The van der Waals surface area contributed by atoms with Crippen molar-refractivity contribution >= 4 is 57.6 Å². The lowest BCUT2D eigenvalue weighted by Crippen LogP contribution is -2.41. The van der Waals surface area contributed by atoms with Gasteiger partial charge in [0.15, 0.2) is 0 Å². The highest BCUT2D eigenvalue weighted by Crippen LogP contribution is 2.42. The third-order valence-corrected chi connectivity index (χ3v) is 11.0. The quantitative estimate of drug-likeness (QED) is 0.252. The van der Waals surface area contributed by atoms with Crippen molar-refractivity contribution in [3.63, 3.8) is 0 Å².